The van der Waals surface area contributed by atoms with Crippen molar-refractivity contribution in [2.45, 2.75) is 25.3 Å². The number of hydrogen-bond donors (Lipinski definition) is 1. The zero-order valence-corrected chi connectivity index (χ0v) is 8.81. The molecule has 2 unspecified atom stereocenters. The van der Waals surface area contributed by atoms with Crippen LogP contribution in [0.1, 0.15) is 24.8 Å². The molecule has 14 heavy (non-hydrogen) atoms. The monoisotopic (exact) mass is 213 g/mol. The lowest BCUT2D eigenvalue weighted by Gasteiger charge is -2.15. The smallest absolute Gasteiger partial charge is 0.141 e. The van der Waals surface area contributed by atoms with Crippen molar-refractivity contribution in [3.63, 3.8) is 0 Å². The van der Waals surface area contributed by atoms with E-state index in [4.69, 9.17) is 11.6 Å². The van der Waals surface area contributed by atoms with Crippen molar-refractivity contribution in [1.29, 1.82) is 0 Å². The Kier molecular flexibility index (Phi) is 2.75. The van der Waals surface area contributed by atoms with Crippen molar-refractivity contribution >= 4 is 11.6 Å². The fraction of sp³-hybridized carbons (Fsp3) is 0.455. The molecule has 0 spiro atoms. The Morgan fingerprint density at radius 3 is 2.86 bits per heavy atom. The summed E-state index contributed by atoms with van der Waals surface area (Å²) < 4.78 is 12.9. The minimum Gasteiger partial charge on any atom is -0.314 e. The maximum atomic E-state index is 12.9. The van der Waals surface area contributed by atoms with Gasteiger partial charge in [-0.25, -0.2) is 4.39 Å². The van der Waals surface area contributed by atoms with E-state index in [1.165, 1.54) is 6.07 Å². The lowest BCUT2D eigenvalue weighted by atomic mass is 9.93. The van der Waals surface area contributed by atoms with Gasteiger partial charge in [0, 0.05) is 12.0 Å². The quantitative estimate of drug-likeness (QED) is 0.757. The normalized spacial score (nSPS) is 26.8. The van der Waals surface area contributed by atoms with Gasteiger partial charge in [0.15, 0.2) is 0 Å². The van der Waals surface area contributed by atoms with Crippen molar-refractivity contribution in [2.75, 3.05) is 6.54 Å². The molecule has 0 saturated carbocycles. The maximum Gasteiger partial charge on any atom is 0.141 e. The molecule has 0 bridgehead atoms. The molecule has 1 aliphatic rings. The minimum absolute atomic E-state index is 0.224. The molecule has 2 rings (SSSR count). The maximum absolute atomic E-state index is 12.9. The van der Waals surface area contributed by atoms with Crippen molar-refractivity contribution in [3.8, 4) is 0 Å². The Labute approximate surface area is 88.3 Å². The molecule has 1 nitrogen and oxygen atoms in total. The van der Waals surface area contributed by atoms with Crippen molar-refractivity contribution < 1.29 is 4.39 Å². The largest absolute Gasteiger partial charge is 0.314 e. The Morgan fingerprint density at radius 2 is 2.29 bits per heavy atom. The van der Waals surface area contributed by atoms with Gasteiger partial charge in [0.1, 0.15) is 5.82 Å². The predicted molar refractivity (Wildman–Crippen MR) is 56.2 cm³/mol. The predicted octanol–water partition coefficient (Wildman–Crippen LogP) is 2.94. The summed E-state index contributed by atoms with van der Waals surface area (Å²) in [6.45, 7) is 3.18. The number of benzene rings is 1. The third-order valence-corrected chi connectivity index (χ3v) is 3.19. The highest BCUT2D eigenvalue weighted by Gasteiger charge is 2.24. The van der Waals surface area contributed by atoms with E-state index in [0.29, 0.717) is 12.0 Å². The van der Waals surface area contributed by atoms with E-state index < -0.39 is 0 Å². The van der Waals surface area contributed by atoms with E-state index in [-0.39, 0.29) is 10.8 Å². The van der Waals surface area contributed by atoms with E-state index in [1.54, 1.807) is 6.07 Å². The van der Waals surface area contributed by atoms with Crippen LogP contribution in [0.4, 0.5) is 4.39 Å². The first kappa shape index (κ1) is 9.94. The van der Waals surface area contributed by atoms with Crippen LogP contribution in [0.2, 0.25) is 5.02 Å². The van der Waals surface area contributed by atoms with Crippen molar-refractivity contribution in [2.24, 2.45) is 0 Å². The Hall–Kier alpha value is -0.600. The van der Waals surface area contributed by atoms with Gasteiger partial charge in [-0.2, -0.15) is 0 Å². The van der Waals surface area contributed by atoms with Gasteiger partial charge in [-0.3, -0.25) is 0 Å². The molecule has 76 valence electrons. The van der Waals surface area contributed by atoms with Crippen LogP contribution >= 0.6 is 11.6 Å². The summed E-state index contributed by atoms with van der Waals surface area (Å²) in [6, 6.07) is 5.47. The summed E-state index contributed by atoms with van der Waals surface area (Å²) in [5.74, 6) is 0.127. The average molecular weight is 214 g/mol. The highest BCUT2D eigenvalue weighted by Crippen LogP contribution is 2.29. The van der Waals surface area contributed by atoms with Crippen LogP contribution in [0.25, 0.3) is 0 Å². The fourth-order valence-electron chi connectivity index (χ4n) is 2.06. The first-order valence-electron chi connectivity index (χ1n) is 4.87. The van der Waals surface area contributed by atoms with Gasteiger partial charge >= 0.3 is 0 Å². The summed E-state index contributed by atoms with van der Waals surface area (Å²) in [6.07, 6.45) is 1.10. The van der Waals surface area contributed by atoms with Crippen LogP contribution in [0, 0.1) is 5.82 Å². The van der Waals surface area contributed by atoms with Gasteiger partial charge in [0.2, 0.25) is 0 Å². The van der Waals surface area contributed by atoms with Crippen molar-refractivity contribution in [3.05, 3.63) is 34.6 Å². The molecule has 0 amide bonds. The SMILES string of the molecule is CC1NCCC1c1ccc(F)c(Cl)c1. The zero-order valence-electron chi connectivity index (χ0n) is 8.06. The van der Waals surface area contributed by atoms with Gasteiger partial charge in [-0.05, 0) is 37.6 Å². The summed E-state index contributed by atoms with van der Waals surface area (Å²) in [5, 5.41) is 3.59. The molecule has 3 heteroatoms. The first-order valence-corrected chi connectivity index (χ1v) is 5.24. The Morgan fingerprint density at radius 1 is 1.50 bits per heavy atom. The number of hydrogen-bond acceptors (Lipinski definition) is 1. The van der Waals surface area contributed by atoms with Gasteiger partial charge in [0.05, 0.1) is 5.02 Å². The van der Waals surface area contributed by atoms with Crippen LogP contribution in [-0.4, -0.2) is 12.6 Å². The van der Waals surface area contributed by atoms with E-state index >= 15 is 0 Å². The second-order valence-electron chi connectivity index (χ2n) is 3.81. The van der Waals surface area contributed by atoms with E-state index in [0.717, 1.165) is 18.5 Å². The number of halogens is 2. The van der Waals surface area contributed by atoms with Gasteiger partial charge < -0.3 is 5.32 Å². The molecular formula is C11H13ClFN. The van der Waals surface area contributed by atoms with Gasteiger partial charge in [-0.1, -0.05) is 17.7 Å². The van der Waals surface area contributed by atoms with E-state index in [1.807, 2.05) is 6.07 Å². The number of rotatable bonds is 1. The second kappa shape index (κ2) is 3.87. The molecular weight excluding hydrogens is 201 g/mol. The summed E-state index contributed by atoms with van der Waals surface area (Å²) in [7, 11) is 0. The van der Waals surface area contributed by atoms with Gasteiger partial charge in [0.25, 0.3) is 0 Å². The Balaban J connectivity index is 2.28. The van der Waals surface area contributed by atoms with Crippen molar-refractivity contribution in [1.82, 2.24) is 5.32 Å². The first-order chi connectivity index (χ1) is 6.68. The average Bonchev–Trinajstić information content (AvgIpc) is 2.57. The summed E-state index contributed by atoms with van der Waals surface area (Å²) in [5.41, 5.74) is 1.13. The minimum atomic E-state index is -0.339. The van der Waals surface area contributed by atoms with E-state index in [9.17, 15) is 4.39 Å². The molecule has 1 aromatic rings. The van der Waals surface area contributed by atoms with Crippen LogP contribution in [0.5, 0.6) is 0 Å². The molecule has 1 aromatic carbocycles. The molecule has 1 saturated heterocycles. The van der Waals surface area contributed by atoms with Crippen LogP contribution in [0.3, 0.4) is 0 Å². The lowest BCUT2D eigenvalue weighted by molar-refractivity contribution is 0.589. The highest BCUT2D eigenvalue weighted by atomic mass is 35.5. The molecule has 0 aliphatic carbocycles. The summed E-state index contributed by atoms with van der Waals surface area (Å²) in [4.78, 5) is 0. The molecule has 0 radical (unpaired) electrons. The molecule has 1 fully saturated rings. The lowest BCUT2D eigenvalue weighted by Crippen LogP contribution is -2.21. The molecule has 1 aliphatic heterocycles. The standard InChI is InChI=1S/C11H13ClFN/c1-7-9(4-5-14-7)8-2-3-11(13)10(12)6-8/h2-3,6-7,9,14H,4-5H2,1H3. The topological polar surface area (TPSA) is 12.0 Å². The fourth-order valence-corrected chi connectivity index (χ4v) is 2.25. The molecule has 1 heterocycles. The molecule has 2 atom stereocenters. The van der Waals surface area contributed by atoms with E-state index in [2.05, 4.69) is 12.2 Å². The van der Waals surface area contributed by atoms with Crippen LogP contribution in [0.15, 0.2) is 18.2 Å². The molecule has 0 aromatic heterocycles. The third kappa shape index (κ3) is 1.77. The van der Waals surface area contributed by atoms with Crippen LogP contribution in [-0.2, 0) is 0 Å². The van der Waals surface area contributed by atoms with Crippen LogP contribution < -0.4 is 5.32 Å². The van der Waals surface area contributed by atoms with Gasteiger partial charge in [-0.15, -0.1) is 0 Å². The second-order valence-corrected chi connectivity index (χ2v) is 4.22. The summed E-state index contributed by atoms with van der Waals surface area (Å²) >= 11 is 5.74. The number of nitrogens with one attached hydrogen (secondary N) is 1. The third-order valence-electron chi connectivity index (χ3n) is 2.90. The highest BCUT2D eigenvalue weighted by molar-refractivity contribution is 6.30. The molecule has 1 N–H and O–H groups in total. The zero-order chi connectivity index (χ0) is 10.1. The Bertz CT molecular complexity index is 340.